The van der Waals surface area contributed by atoms with E-state index in [4.69, 9.17) is 4.99 Å². The molecule has 2 atom stereocenters. The van der Waals surface area contributed by atoms with Gasteiger partial charge in [0, 0.05) is 23.2 Å². The largest absolute Gasteiger partial charge is 0.357 e. The van der Waals surface area contributed by atoms with Gasteiger partial charge in [0.15, 0.2) is 5.96 Å². The number of nitrogens with zero attached hydrogens (tertiary/aromatic N) is 2. The van der Waals surface area contributed by atoms with E-state index in [-0.39, 0.29) is 24.0 Å². The molecule has 1 aliphatic carbocycles. The van der Waals surface area contributed by atoms with E-state index in [0.29, 0.717) is 12.6 Å². The fourth-order valence-electron chi connectivity index (χ4n) is 2.72. The molecule has 1 aromatic rings. The first-order valence-electron chi connectivity index (χ1n) is 8.34. The summed E-state index contributed by atoms with van der Waals surface area (Å²) in [4.78, 5) is 9.28. The molecule has 1 aliphatic rings. The van der Waals surface area contributed by atoms with Gasteiger partial charge in [-0.05, 0) is 38.4 Å². The maximum atomic E-state index is 4.70. The highest BCUT2D eigenvalue weighted by molar-refractivity contribution is 14.0. The van der Waals surface area contributed by atoms with E-state index in [2.05, 4.69) is 53.5 Å². The lowest BCUT2D eigenvalue weighted by molar-refractivity contribution is 0.614. The molecular weight excluding hydrogens is 439 g/mol. The highest BCUT2D eigenvalue weighted by Gasteiger charge is 2.25. The van der Waals surface area contributed by atoms with Crippen LogP contribution in [0.4, 0.5) is 0 Å². The number of aryl methyl sites for hydroxylation is 1. The normalized spacial score (nSPS) is 21.1. The second-order valence-electron chi connectivity index (χ2n) is 5.51. The summed E-state index contributed by atoms with van der Waals surface area (Å²) in [5.41, 5.74) is 1.07. The molecule has 0 amide bonds. The van der Waals surface area contributed by atoms with Crippen LogP contribution in [0.5, 0.6) is 0 Å². The van der Waals surface area contributed by atoms with Crippen molar-refractivity contribution in [2.75, 3.05) is 12.3 Å². The second kappa shape index (κ2) is 11.5. The molecule has 23 heavy (non-hydrogen) atoms. The lowest BCUT2D eigenvalue weighted by atomic mass is 10.2. The van der Waals surface area contributed by atoms with E-state index in [0.717, 1.165) is 29.9 Å². The van der Waals surface area contributed by atoms with Crippen LogP contribution in [0.2, 0.25) is 0 Å². The Morgan fingerprint density at radius 3 is 2.87 bits per heavy atom. The van der Waals surface area contributed by atoms with Crippen LogP contribution < -0.4 is 10.6 Å². The van der Waals surface area contributed by atoms with Crippen LogP contribution in [0.1, 0.15) is 50.7 Å². The first kappa shape index (κ1) is 21.0. The van der Waals surface area contributed by atoms with Crippen molar-refractivity contribution in [3.8, 4) is 0 Å². The highest BCUT2D eigenvalue weighted by Crippen LogP contribution is 2.29. The molecule has 1 aromatic heterocycles. The molecule has 2 rings (SSSR count). The lowest BCUT2D eigenvalue weighted by Crippen LogP contribution is -2.42. The minimum absolute atomic E-state index is 0. The first-order valence-corrected chi connectivity index (χ1v) is 10.3. The molecule has 1 heterocycles. The lowest BCUT2D eigenvalue weighted by Gasteiger charge is -2.17. The molecule has 132 valence electrons. The summed E-state index contributed by atoms with van der Waals surface area (Å²) in [7, 11) is 0. The van der Waals surface area contributed by atoms with Gasteiger partial charge in [0.25, 0.3) is 0 Å². The van der Waals surface area contributed by atoms with E-state index in [1.165, 1.54) is 30.0 Å². The van der Waals surface area contributed by atoms with Gasteiger partial charge in [-0.3, -0.25) is 0 Å². The number of rotatable bonds is 7. The van der Waals surface area contributed by atoms with Gasteiger partial charge in [-0.15, -0.1) is 35.3 Å². The Bertz CT molecular complexity index is 478. The van der Waals surface area contributed by atoms with Gasteiger partial charge in [0.1, 0.15) is 0 Å². The third-order valence-electron chi connectivity index (χ3n) is 3.77. The molecule has 0 radical (unpaired) electrons. The zero-order chi connectivity index (χ0) is 15.8. The van der Waals surface area contributed by atoms with Crippen LogP contribution in [0.25, 0.3) is 0 Å². The van der Waals surface area contributed by atoms with E-state index in [1.54, 1.807) is 11.3 Å². The number of thiazole rings is 1. The van der Waals surface area contributed by atoms with Crippen LogP contribution in [0.15, 0.2) is 10.4 Å². The summed E-state index contributed by atoms with van der Waals surface area (Å²) >= 11 is 3.82. The summed E-state index contributed by atoms with van der Waals surface area (Å²) in [5.74, 6) is 2.15. The summed E-state index contributed by atoms with van der Waals surface area (Å²) in [6.45, 7) is 8.05. The van der Waals surface area contributed by atoms with Crippen molar-refractivity contribution in [3.63, 3.8) is 0 Å². The van der Waals surface area contributed by atoms with Crippen molar-refractivity contribution in [2.24, 2.45) is 4.99 Å². The van der Waals surface area contributed by atoms with Gasteiger partial charge in [-0.2, -0.15) is 11.8 Å². The molecule has 0 aliphatic heterocycles. The average Bonchev–Trinajstić information content (AvgIpc) is 3.14. The smallest absolute Gasteiger partial charge is 0.191 e. The number of nitrogens with one attached hydrogen (secondary N) is 2. The number of aromatic nitrogens is 1. The average molecular weight is 468 g/mol. The number of guanidine groups is 1. The quantitative estimate of drug-likeness (QED) is 0.360. The Morgan fingerprint density at radius 1 is 1.39 bits per heavy atom. The fraction of sp³-hybridized carbons (Fsp3) is 0.750. The van der Waals surface area contributed by atoms with Gasteiger partial charge in [0.2, 0.25) is 0 Å². The zero-order valence-corrected chi connectivity index (χ0v) is 18.3. The molecule has 4 nitrogen and oxygen atoms in total. The fourth-order valence-corrected chi connectivity index (χ4v) is 4.59. The Labute approximate surface area is 165 Å². The van der Waals surface area contributed by atoms with Gasteiger partial charge in [0.05, 0.1) is 17.2 Å². The maximum absolute atomic E-state index is 4.70. The van der Waals surface area contributed by atoms with E-state index < -0.39 is 0 Å². The predicted octanol–water partition coefficient (Wildman–Crippen LogP) is 4.05. The Balaban J connectivity index is 0.00000264. The Kier molecular flexibility index (Phi) is 10.5. The zero-order valence-electron chi connectivity index (χ0n) is 14.3. The van der Waals surface area contributed by atoms with Gasteiger partial charge in [-0.25, -0.2) is 9.98 Å². The van der Waals surface area contributed by atoms with Gasteiger partial charge >= 0.3 is 0 Å². The summed E-state index contributed by atoms with van der Waals surface area (Å²) < 4.78 is 0. The molecule has 0 bridgehead atoms. The third-order valence-corrected chi connectivity index (χ3v) is 6.05. The van der Waals surface area contributed by atoms with Crippen LogP contribution in [-0.4, -0.2) is 34.5 Å². The molecule has 0 spiro atoms. The molecule has 7 heteroatoms. The number of aliphatic imine (C=N–C) groups is 1. The Hall–Kier alpha value is -0.0200. The number of thioether (sulfide) groups is 1. The van der Waals surface area contributed by atoms with Crippen LogP contribution in [0.3, 0.4) is 0 Å². The maximum Gasteiger partial charge on any atom is 0.191 e. The molecule has 2 N–H and O–H groups in total. The first-order chi connectivity index (χ1) is 10.7. The molecule has 0 saturated heterocycles. The third kappa shape index (κ3) is 7.17. The monoisotopic (exact) mass is 468 g/mol. The highest BCUT2D eigenvalue weighted by atomic mass is 127. The van der Waals surface area contributed by atoms with Crippen LogP contribution >= 0.6 is 47.1 Å². The van der Waals surface area contributed by atoms with E-state index >= 15 is 0 Å². The molecule has 2 unspecified atom stereocenters. The van der Waals surface area contributed by atoms with Crippen molar-refractivity contribution < 1.29 is 0 Å². The minimum atomic E-state index is 0. The molecule has 0 aromatic carbocycles. The topological polar surface area (TPSA) is 49.3 Å². The van der Waals surface area contributed by atoms with E-state index in [9.17, 15) is 0 Å². The van der Waals surface area contributed by atoms with Gasteiger partial charge < -0.3 is 10.6 Å². The van der Waals surface area contributed by atoms with Gasteiger partial charge in [-0.1, -0.05) is 13.8 Å². The molecule has 1 saturated carbocycles. The molecular formula is C16H29IN4S2. The number of hydrogen-bond donors (Lipinski definition) is 2. The van der Waals surface area contributed by atoms with Crippen molar-refractivity contribution in [1.82, 2.24) is 15.6 Å². The van der Waals surface area contributed by atoms with Crippen LogP contribution in [0, 0.1) is 0 Å². The van der Waals surface area contributed by atoms with Crippen LogP contribution in [-0.2, 0) is 13.0 Å². The van der Waals surface area contributed by atoms with Crippen molar-refractivity contribution in [3.05, 3.63) is 16.1 Å². The minimum Gasteiger partial charge on any atom is -0.357 e. The SMILES string of the molecule is CCNC(=NCc1csc(CC)n1)NC1CCC(SCC)C1.I. The molecule has 1 fully saturated rings. The summed E-state index contributed by atoms with van der Waals surface area (Å²) in [6, 6.07) is 0.559. The van der Waals surface area contributed by atoms with Crippen molar-refractivity contribution in [1.29, 1.82) is 0 Å². The van der Waals surface area contributed by atoms with Crippen molar-refractivity contribution >= 4 is 53.0 Å². The number of halogens is 1. The predicted molar refractivity (Wildman–Crippen MR) is 114 cm³/mol. The number of hydrogen-bond acceptors (Lipinski definition) is 4. The van der Waals surface area contributed by atoms with Crippen molar-refractivity contribution in [2.45, 2.75) is 64.3 Å². The summed E-state index contributed by atoms with van der Waals surface area (Å²) in [6.07, 6.45) is 4.82. The van der Waals surface area contributed by atoms with E-state index in [1.807, 2.05) is 0 Å². The second-order valence-corrected chi connectivity index (χ2v) is 8.03. The Morgan fingerprint density at radius 2 is 2.22 bits per heavy atom. The summed E-state index contributed by atoms with van der Waals surface area (Å²) in [5, 5.41) is 11.1. The standard InChI is InChI=1S/C16H28N4S2.HI/c1-4-15-19-13(11-22-15)10-18-16(17-5-2)20-12-7-8-14(9-12)21-6-3;/h11-12,14H,4-10H2,1-3H3,(H2,17,18,20);1H.